The molecule has 0 N–H and O–H groups in total. The van der Waals surface area contributed by atoms with Crippen molar-refractivity contribution in [1.82, 2.24) is 0 Å². The smallest absolute Gasteiger partial charge is 0.0369 e. The summed E-state index contributed by atoms with van der Waals surface area (Å²) in [6.45, 7) is 5.33. The molecule has 0 fully saturated rings. The van der Waals surface area contributed by atoms with Crippen LogP contribution < -0.4 is 0 Å². The molecule has 0 heterocycles. The van der Waals surface area contributed by atoms with E-state index in [-0.39, 0.29) is 0 Å². The largest absolute Gasteiger partial charge is 0.129 e. The van der Waals surface area contributed by atoms with Crippen molar-refractivity contribution in [3.8, 4) is 12.3 Å². The Balaban J connectivity index is 3.65. The number of allylic oxidation sites excluding steroid dienone is 1. The molecule has 0 unspecified atom stereocenters. The van der Waals surface area contributed by atoms with E-state index in [1.165, 1.54) is 0 Å². The number of hydrogen-bond donors (Lipinski definition) is 0. The fraction of sp³-hybridized carbons (Fsp3) is 0.286. The zero-order valence-electron chi connectivity index (χ0n) is 4.49. The van der Waals surface area contributed by atoms with Crippen molar-refractivity contribution >= 4 is 0 Å². The van der Waals surface area contributed by atoms with E-state index in [4.69, 9.17) is 6.42 Å². The van der Waals surface area contributed by atoms with E-state index in [2.05, 4.69) is 18.2 Å². The van der Waals surface area contributed by atoms with Gasteiger partial charge in [-0.05, 0) is 12.5 Å². The van der Waals surface area contributed by atoms with Crippen molar-refractivity contribution in [2.45, 2.75) is 13.3 Å². The van der Waals surface area contributed by atoms with Gasteiger partial charge in [-0.3, -0.25) is 0 Å². The Morgan fingerprint density at radius 3 is 2.57 bits per heavy atom. The van der Waals surface area contributed by atoms with Crippen molar-refractivity contribution in [3.05, 3.63) is 17.9 Å². The lowest BCUT2D eigenvalue weighted by atomic mass is 10.2. The van der Waals surface area contributed by atoms with Crippen LogP contribution in [0, 0.1) is 12.3 Å². The SMILES string of the molecule is C#CCC(C)=C=C. The van der Waals surface area contributed by atoms with Gasteiger partial charge in [0.05, 0.1) is 0 Å². The zero-order chi connectivity index (χ0) is 5.70. The molecule has 0 nitrogen and oxygen atoms in total. The monoisotopic (exact) mass is 92.1 g/mol. The van der Waals surface area contributed by atoms with Crippen LogP contribution >= 0.6 is 0 Å². The van der Waals surface area contributed by atoms with Crippen LogP contribution in [0.2, 0.25) is 0 Å². The lowest BCUT2D eigenvalue weighted by Crippen LogP contribution is -1.64. The van der Waals surface area contributed by atoms with Gasteiger partial charge in [0, 0.05) is 6.42 Å². The highest BCUT2D eigenvalue weighted by Crippen LogP contribution is 1.91. The number of hydrogen-bond acceptors (Lipinski definition) is 0. The second-order valence-electron chi connectivity index (χ2n) is 1.34. The third-order valence-electron chi connectivity index (χ3n) is 0.669. The van der Waals surface area contributed by atoms with E-state index < -0.39 is 0 Å². The van der Waals surface area contributed by atoms with Gasteiger partial charge in [-0.15, -0.1) is 18.1 Å². The molecule has 0 aliphatic carbocycles. The van der Waals surface area contributed by atoms with Gasteiger partial charge in [0.15, 0.2) is 0 Å². The molecule has 0 aliphatic heterocycles. The maximum Gasteiger partial charge on any atom is 0.0369 e. The average Bonchev–Trinajstić information content (AvgIpc) is 1.68. The quantitative estimate of drug-likeness (QED) is 0.341. The van der Waals surface area contributed by atoms with Crippen LogP contribution in [-0.2, 0) is 0 Å². The summed E-state index contributed by atoms with van der Waals surface area (Å²) in [7, 11) is 0. The van der Waals surface area contributed by atoms with Crippen LogP contribution in [0.4, 0.5) is 0 Å². The standard InChI is InChI=1S/C7H8/c1-4-6-7(3)5-2/h1H,2,6H2,3H3. The summed E-state index contributed by atoms with van der Waals surface area (Å²) in [6, 6.07) is 0. The first-order valence-corrected chi connectivity index (χ1v) is 2.10. The fourth-order valence-corrected chi connectivity index (χ4v) is 0.216. The van der Waals surface area contributed by atoms with E-state index in [1.54, 1.807) is 0 Å². The maximum atomic E-state index is 4.97. The van der Waals surface area contributed by atoms with E-state index in [1.807, 2.05) is 6.92 Å². The molecule has 0 aromatic rings. The molecule has 0 saturated carbocycles. The Labute approximate surface area is 44.5 Å². The van der Waals surface area contributed by atoms with Gasteiger partial charge in [0.25, 0.3) is 0 Å². The fourth-order valence-electron chi connectivity index (χ4n) is 0.216. The van der Waals surface area contributed by atoms with Gasteiger partial charge in [-0.1, -0.05) is 6.58 Å². The van der Waals surface area contributed by atoms with E-state index in [0.717, 1.165) is 5.57 Å². The van der Waals surface area contributed by atoms with Crippen molar-refractivity contribution in [2.75, 3.05) is 0 Å². The van der Waals surface area contributed by atoms with Gasteiger partial charge in [0.2, 0.25) is 0 Å². The second-order valence-corrected chi connectivity index (χ2v) is 1.34. The molecule has 0 amide bonds. The molecule has 0 atom stereocenters. The van der Waals surface area contributed by atoms with E-state index in [9.17, 15) is 0 Å². The van der Waals surface area contributed by atoms with Crippen molar-refractivity contribution in [2.24, 2.45) is 0 Å². The van der Waals surface area contributed by atoms with Gasteiger partial charge in [-0.25, -0.2) is 0 Å². The molecule has 0 spiro atoms. The molecule has 0 rings (SSSR count). The third-order valence-corrected chi connectivity index (χ3v) is 0.669. The van der Waals surface area contributed by atoms with E-state index in [0.29, 0.717) is 6.42 Å². The Morgan fingerprint density at radius 1 is 1.86 bits per heavy atom. The van der Waals surface area contributed by atoms with Crippen molar-refractivity contribution in [3.63, 3.8) is 0 Å². The molecule has 7 heavy (non-hydrogen) atoms. The predicted octanol–water partition coefficient (Wildman–Crippen LogP) is 1.74. The third kappa shape index (κ3) is 2.89. The minimum Gasteiger partial charge on any atom is -0.129 e. The second kappa shape index (κ2) is 3.28. The highest BCUT2D eigenvalue weighted by atomic mass is 13.8. The number of rotatable bonds is 1. The summed E-state index contributed by atoms with van der Waals surface area (Å²) in [6.07, 6.45) is 5.64. The zero-order valence-corrected chi connectivity index (χ0v) is 4.49. The van der Waals surface area contributed by atoms with Gasteiger partial charge in [-0.2, -0.15) is 0 Å². The van der Waals surface area contributed by atoms with Crippen LogP contribution in [0.5, 0.6) is 0 Å². The lowest BCUT2D eigenvalue weighted by molar-refractivity contribution is 1.27. The molecule has 0 aliphatic rings. The van der Waals surface area contributed by atoms with Crippen LogP contribution in [0.15, 0.2) is 17.9 Å². The molecule has 0 aromatic carbocycles. The number of terminal acetylenes is 1. The molecular weight excluding hydrogens is 84.1 g/mol. The normalized spacial score (nSPS) is 6.29. The van der Waals surface area contributed by atoms with Crippen LogP contribution in [-0.4, -0.2) is 0 Å². The lowest BCUT2D eigenvalue weighted by Gasteiger charge is -1.80. The molecule has 0 saturated heterocycles. The topological polar surface area (TPSA) is 0 Å². The molecule has 0 bridgehead atoms. The first kappa shape index (κ1) is 6.08. The van der Waals surface area contributed by atoms with Crippen LogP contribution in [0.3, 0.4) is 0 Å². The summed E-state index contributed by atoms with van der Waals surface area (Å²) in [5, 5.41) is 0. The van der Waals surface area contributed by atoms with Crippen LogP contribution in [0.25, 0.3) is 0 Å². The van der Waals surface area contributed by atoms with Crippen molar-refractivity contribution in [1.29, 1.82) is 0 Å². The highest BCUT2D eigenvalue weighted by molar-refractivity contribution is 5.05. The molecular formula is C7H8. The summed E-state index contributed by atoms with van der Waals surface area (Å²) in [4.78, 5) is 0. The van der Waals surface area contributed by atoms with Crippen molar-refractivity contribution < 1.29 is 0 Å². The average molecular weight is 92.1 g/mol. The summed E-state index contributed by atoms with van der Waals surface area (Å²) in [5.41, 5.74) is 3.72. The van der Waals surface area contributed by atoms with Crippen LogP contribution in [0.1, 0.15) is 13.3 Å². The summed E-state index contributed by atoms with van der Waals surface area (Å²) < 4.78 is 0. The highest BCUT2D eigenvalue weighted by Gasteiger charge is 1.75. The first-order valence-electron chi connectivity index (χ1n) is 2.10. The summed E-state index contributed by atoms with van der Waals surface area (Å²) in [5.74, 6) is 2.48. The predicted molar refractivity (Wildman–Crippen MR) is 31.8 cm³/mol. The van der Waals surface area contributed by atoms with Gasteiger partial charge < -0.3 is 0 Å². The molecule has 0 heteroatoms. The molecule has 0 radical (unpaired) electrons. The Hall–Kier alpha value is -0.920. The molecule has 36 valence electrons. The minimum absolute atomic E-state index is 0.670. The Morgan fingerprint density at radius 2 is 2.43 bits per heavy atom. The minimum atomic E-state index is 0.670. The first-order chi connectivity index (χ1) is 3.31. The van der Waals surface area contributed by atoms with Gasteiger partial charge in [0.1, 0.15) is 0 Å². The molecule has 0 aromatic heterocycles. The maximum absolute atomic E-state index is 4.97. The Bertz CT molecular complexity index is 129. The Kier molecular flexibility index (Phi) is 2.85. The van der Waals surface area contributed by atoms with E-state index >= 15 is 0 Å². The summed E-state index contributed by atoms with van der Waals surface area (Å²) >= 11 is 0. The van der Waals surface area contributed by atoms with Gasteiger partial charge >= 0.3 is 0 Å².